The highest BCUT2D eigenvalue weighted by Gasteiger charge is 2.36. The Bertz CT molecular complexity index is 698. The van der Waals surface area contributed by atoms with Gasteiger partial charge in [-0.25, -0.2) is 4.98 Å². The summed E-state index contributed by atoms with van der Waals surface area (Å²) >= 11 is 0. The Kier molecular flexibility index (Phi) is 6.45. The van der Waals surface area contributed by atoms with Crippen molar-refractivity contribution in [2.45, 2.75) is 58.2 Å². The van der Waals surface area contributed by atoms with Crippen LogP contribution >= 0.6 is 0 Å². The van der Waals surface area contributed by atoms with E-state index in [4.69, 9.17) is 0 Å². The molecule has 0 bridgehead atoms. The third kappa shape index (κ3) is 4.73. The molecule has 1 aliphatic rings. The minimum absolute atomic E-state index is 0.386. The van der Waals surface area contributed by atoms with Crippen molar-refractivity contribution in [3.8, 4) is 0 Å². The predicted octanol–water partition coefficient (Wildman–Crippen LogP) is 3.79. The topological polar surface area (TPSA) is 58.4 Å². The van der Waals surface area contributed by atoms with Crippen LogP contribution in [0.2, 0.25) is 0 Å². The van der Waals surface area contributed by atoms with Gasteiger partial charge in [0.25, 0.3) is 0 Å². The number of aromatic nitrogens is 2. The first-order chi connectivity index (χ1) is 12.7. The fourth-order valence-electron chi connectivity index (χ4n) is 3.92. The lowest BCUT2D eigenvalue weighted by molar-refractivity contribution is -0.142. The molecule has 0 aliphatic carbocycles. The monoisotopic (exact) mass is 355 g/mol. The number of carboxylic acids is 1. The quantitative estimate of drug-likeness (QED) is 0.695. The third-order valence-electron chi connectivity index (χ3n) is 5.33. The van der Waals surface area contributed by atoms with Gasteiger partial charge < -0.3 is 9.67 Å². The van der Waals surface area contributed by atoms with Gasteiger partial charge in [0.1, 0.15) is 11.9 Å². The highest BCUT2D eigenvalue weighted by atomic mass is 16.4. The highest BCUT2D eigenvalue weighted by molar-refractivity contribution is 5.73. The summed E-state index contributed by atoms with van der Waals surface area (Å²) in [5, 5.41) is 9.64. The van der Waals surface area contributed by atoms with Crippen LogP contribution in [-0.2, 0) is 17.9 Å². The van der Waals surface area contributed by atoms with Crippen molar-refractivity contribution in [3.63, 3.8) is 0 Å². The van der Waals surface area contributed by atoms with Gasteiger partial charge in [0.05, 0.1) is 6.54 Å². The Balaban J connectivity index is 1.65. The summed E-state index contributed by atoms with van der Waals surface area (Å²) in [5.41, 5.74) is 1.22. The first-order valence-electron chi connectivity index (χ1n) is 9.68. The molecule has 3 rings (SSSR count). The molecule has 140 valence electrons. The van der Waals surface area contributed by atoms with E-state index in [2.05, 4.69) is 33.5 Å². The van der Waals surface area contributed by atoms with E-state index in [1.807, 2.05) is 30.6 Å². The zero-order valence-electron chi connectivity index (χ0n) is 15.6. The minimum Gasteiger partial charge on any atom is -0.480 e. The maximum absolute atomic E-state index is 11.7. The number of carbonyl (C=O) groups is 1. The van der Waals surface area contributed by atoms with Gasteiger partial charge in [-0.05, 0) is 24.3 Å². The number of carboxylic acid groups (broad SMARTS) is 1. The number of nitrogens with zero attached hydrogens (tertiary/aromatic N) is 3. The molecule has 0 saturated carbocycles. The molecule has 2 aromatic rings. The van der Waals surface area contributed by atoms with E-state index in [1.165, 1.54) is 24.8 Å². The van der Waals surface area contributed by atoms with Crippen molar-refractivity contribution in [3.05, 3.63) is 54.1 Å². The van der Waals surface area contributed by atoms with E-state index >= 15 is 0 Å². The van der Waals surface area contributed by atoms with E-state index in [9.17, 15) is 9.90 Å². The molecule has 1 aromatic heterocycles. The van der Waals surface area contributed by atoms with E-state index in [0.29, 0.717) is 12.5 Å². The van der Waals surface area contributed by atoms with Crippen LogP contribution in [0, 0.1) is 5.92 Å². The number of benzene rings is 1. The Labute approximate surface area is 155 Å². The molecule has 1 saturated heterocycles. The van der Waals surface area contributed by atoms with E-state index in [0.717, 1.165) is 31.8 Å². The Morgan fingerprint density at radius 1 is 1.23 bits per heavy atom. The maximum atomic E-state index is 11.7. The maximum Gasteiger partial charge on any atom is 0.320 e. The van der Waals surface area contributed by atoms with Crippen molar-refractivity contribution in [1.29, 1.82) is 0 Å². The highest BCUT2D eigenvalue weighted by Crippen LogP contribution is 2.29. The average molecular weight is 355 g/mol. The normalized spacial score (nSPS) is 20.5. The number of likely N-dealkylation sites (tertiary alicyclic amines) is 1. The van der Waals surface area contributed by atoms with Crippen molar-refractivity contribution >= 4 is 5.97 Å². The molecule has 0 amide bonds. The number of imidazole rings is 1. The van der Waals surface area contributed by atoms with Gasteiger partial charge in [-0.1, -0.05) is 56.5 Å². The molecule has 5 heteroatoms. The second-order valence-electron chi connectivity index (χ2n) is 7.34. The van der Waals surface area contributed by atoms with Gasteiger partial charge >= 0.3 is 5.97 Å². The van der Waals surface area contributed by atoms with E-state index in [1.54, 1.807) is 0 Å². The number of rotatable bonds is 9. The molecule has 0 spiro atoms. The molecule has 1 aliphatic heterocycles. The first kappa shape index (κ1) is 18.6. The number of hydrogen-bond donors (Lipinski definition) is 1. The summed E-state index contributed by atoms with van der Waals surface area (Å²) in [5.74, 6) is 0.721. The molecule has 2 atom stereocenters. The van der Waals surface area contributed by atoms with Crippen molar-refractivity contribution in [2.24, 2.45) is 5.92 Å². The average Bonchev–Trinajstić information content (AvgIpc) is 3.24. The lowest BCUT2D eigenvalue weighted by Crippen LogP contribution is -2.36. The molecule has 1 N–H and O–H groups in total. The Hall–Kier alpha value is -2.14. The molecular formula is C21H29N3O2. The van der Waals surface area contributed by atoms with Gasteiger partial charge in [-0.15, -0.1) is 0 Å². The minimum atomic E-state index is -0.704. The van der Waals surface area contributed by atoms with Crippen LogP contribution in [0.25, 0.3) is 0 Å². The van der Waals surface area contributed by atoms with Crippen LogP contribution in [0.4, 0.5) is 0 Å². The van der Waals surface area contributed by atoms with E-state index < -0.39 is 5.97 Å². The zero-order valence-corrected chi connectivity index (χ0v) is 15.6. The van der Waals surface area contributed by atoms with Crippen molar-refractivity contribution < 1.29 is 9.90 Å². The lowest BCUT2D eigenvalue weighted by Gasteiger charge is -2.21. The second kappa shape index (κ2) is 8.99. The second-order valence-corrected chi connectivity index (χ2v) is 7.34. The third-order valence-corrected chi connectivity index (χ3v) is 5.33. The largest absolute Gasteiger partial charge is 0.480 e. The Morgan fingerprint density at radius 3 is 2.77 bits per heavy atom. The van der Waals surface area contributed by atoms with Crippen molar-refractivity contribution in [2.75, 3.05) is 6.54 Å². The SMILES string of the molecule is CCCCCC1CC(C(=O)O)N(Cc2nccn2Cc2ccccc2)C1. The molecule has 26 heavy (non-hydrogen) atoms. The summed E-state index contributed by atoms with van der Waals surface area (Å²) in [6, 6.07) is 9.90. The lowest BCUT2D eigenvalue weighted by atomic mass is 9.98. The van der Waals surface area contributed by atoms with Crippen LogP contribution in [0.1, 0.15) is 50.4 Å². The van der Waals surface area contributed by atoms with E-state index in [-0.39, 0.29) is 6.04 Å². The predicted molar refractivity (Wildman–Crippen MR) is 102 cm³/mol. The van der Waals surface area contributed by atoms with Crippen LogP contribution in [0.5, 0.6) is 0 Å². The first-order valence-corrected chi connectivity index (χ1v) is 9.68. The number of hydrogen-bond acceptors (Lipinski definition) is 3. The molecule has 1 aromatic carbocycles. The van der Waals surface area contributed by atoms with Crippen molar-refractivity contribution in [1.82, 2.24) is 14.5 Å². The van der Waals surface area contributed by atoms with Gasteiger partial charge in [-0.3, -0.25) is 9.69 Å². The Morgan fingerprint density at radius 2 is 2.04 bits per heavy atom. The number of unbranched alkanes of at least 4 members (excludes halogenated alkanes) is 2. The summed E-state index contributed by atoms with van der Waals surface area (Å²) in [6.45, 7) is 4.43. The van der Waals surface area contributed by atoms with Gasteiger partial charge in [-0.2, -0.15) is 0 Å². The zero-order chi connectivity index (χ0) is 18.4. The van der Waals surface area contributed by atoms with Crippen LogP contribution < -0.4 is 0 Å². The van der Waals surface area contributed by atoms with Crippen LogP contribution in [0.15, 0.2) is 42.7 Å². The number of aliphatic carboxylic acids is 1. The molecular weight excluding hydrogens is 326 g/mol. The molecule has 1 fully saturated rings. The van der Waals surface area contributed by atoms with Gasteiger partial charge in [0.15, 0.2) is 0 Å². The standard InChI is InChI=1S/C21H29N3O2/c1-2-3-5-10-18-13-19(21(25)26)24(15-18)16-20-22-11-12-23(20)14-17-8-6-4-7-9-17/h4,6-9,11-12,18-19H,2-3,5,10,13-16H2,1H3,(H,25,26). The fraction of sp³-hybridized carbons (Fsp3) is 0.524. The van der Waals surface area contributed by atoms with Crippen LogP contribution in [0.3, 0.4) is 0 Å². The summed E-state index contributed by atoms with van der Waals surface area (Å²) < 4.78 is 2.12. The molecule has 5 nitrogen and oxygen atoms in total. The summed E-state index contributed by atoms with van der Waals surface area (Å²) in [6.07, 6.45) is 9.32. The summed E-state index contributed by atoms with van der Waals surface area (Å²) in [4.78, 5) is 18.3. The molecule has 2 unspecified atom stereocenters. The van der Waals surface area contributed by atoms with Gasteiger partial charge in [0, 0.05) is 25.5 Å². The smallest absolute Gasteiger partial charge is 0.320 e. The van der Waals surface area contributed by atoms with Gasteiger partial charge in [0.2, 0.25) is 0 Å². The van der Waals surface area contributed by atoms with Crippen LogP contribution in [-0.4, -0.2) is 38.1 Å². The fourth-order valence-corrected chi connectivity index (χ4v) is 3.92. The molecule has 2 heterocycles. The summed E-state index contributed by atoms with van der Waals surface area (Å²) in [7, 11) is 0. The molecule has 0 radical (unpaired) electrons.